The molecule has 11 aromatic rings. The minimum Gasteiger partial charge on any atom is -0.309 e. The predicted octanol–water partition coefficient (Wildman–Crippen LogP) is 16.6. The van der Waals surface area contributed by atoms with Crippen molar-refractivity contribution in [1.29, 1.82) is 0 Å². The van der Waals surface area contributed by atoms with E-state index in [1.165, 1.54) is 43.8 Å². The van der Waals surface area contributed by atoms with Crippen molar-refractivity contribution in [2.24, 2.45) is 0 Å². The molecule has 60 heavy (non-hydrogen) atoms. The maximum atomic E-state index is 2.46. The Balaban J connectivity index is 1.18. The second kappa shape index (κ2) is 15.1. The van der Waals surface area contributed by atoms with E-state index in [0.717, 1.165) is 55.7 Å². The van der Waals surface area contributed by atoms with Gasteiger partial charge >= 0.3 is 0 Å². The van der Waals surface area contributed by atoms with Gasteiger partial charge in [0.15, 0.2) is 0 Å². The van der Waals surface area contributed by atoms with Gasteiger partial charge in [-0.1, -0.05) is 194 Å². The van der Waals surface area contributed by atoms with Crippen molar-refractivity contribution in [3.8, 4) is 22.3 Å². The Labute approximate surface area is 350 Å². The normalized spacial score (nSPS) is 11.3. The Kier molecular flexibility index (Phi) is 8.87. The van der Waals surface area contributed by atoms with Crippen LogP contribution in [0.5, 0.6) is 0 Å². The molecule has 0 fully saturated rings. The molecule has 0 aromatic heterocycles. The number of rotatable bonds is 8. The molecule has 0 spiro atoms. The molecule has 0 amide bonds. The molecule has 0 bridgehead atoms. The fraction of sp³-hybridized carbons (Fsp3) is 0. The maximum absolute atomic E-state index is 2.46. The molecule has 0 radical (unpaired) electrons. The van der Waals surface area contributed by atoms with E-state index in [4.69, 9.17) is 0 Å². The van der Waals surface area contributed by atoms with Gasteiger partial charge in [-0.15, -0.1) is 0 Å². The van der Waals surface area contributed by atoms with Crippen LogP contribution in [0.25, 0.3) is 65.3 Å². The standard InChI is InChI=1S/C58H40N2/c1-3-15-41(16-4-1)45-27-33-49(34-28-45)59(51-37-31-43-19-7-9-21-47(43)39-51)57-53-23-11-13-25-55(53)58(56-26-14-12-24-54(56)57)60(52-38-32-44-20-8-10-22-48(44)40-52)50-35-29-46(30-36-50)42-17-5-2-6-18-42/h1-40H. The SMILES string of the molecule is c1ccc(-c2ccc(N(c3ccc4ccccc4c3)c3c4ccccc4c(N(c4ccc(-c5ccccc5)cc4)c4ccc5ccccc5c4)c4ccccc34)cc2)cc1. The molecular weight excluding hydrogens is 725 g/mol. The van der Waals surface area contributed by atoms with Gasteiger partial charge in [0.25, 0.3) is 0 Å². The predicted molar refractivity (Wildman–Crippen MR) is 257 cm³/mol. The van der Waals surface area contributed by atoms with E-state index in [0.29, 0.717) is 0 Å². The lowest BCUT2D eigenvalue weighted by molar-refractivity contribution is 1.30. The molecule has 0 aliphatic rings. The van der Waals surface area contributed by atoms with Crippen LogP contribution >= 0.6 is 0 Å². The van der Waals surface area contributed by atoms with Crippen molar-refractivity contribution in [3.05, 3.63) is 243 Å². The van der Waals surface area contributed by atoms with E-state index in [1.807, 2.05) is 0 Å². The van der Waals surface area contributed by atoms with Crippen LogP contribution in [0.3, 0.4) is 0 Å². The average molecular weight is 765 g/mol. The summed E-state index contributed by atoms with van der Waals surface area (Å²) in [5, 5.41) is 9.50. The smallest absolute Gasteiger partial charge is 0.0619 e. The Morgan fingerprint density at radius 3 is 0.850 bits per heavy atom. The first-order valence-corrected chi connectivity index (χ1v) is 20.6. The van der Waals surface area contributed by atoms with Crippen LogP contribution in [0.1, 0.15) is 0 Å². The fourth-order valence-electron chi connectivity index (χ4n) is 8.88. The second-order valence-electron chi connectivity index (χ2n) is 15.3. The summed E-state index contributed by atoms with van der Waals surface area (Å²) in [5.74, 6) is 0. The summed E-state index contributed by atoms with van der Waals surface area (Å²) >= 11 is 0. The molecule has 0 atom stereocenters. The van der Waals surface area contributed by atoms with Gasteiger partial charge in [-0.05, 0) is 92.3 Å². The Hall–Kier alpha value is -7.94. The molecule has 0 saturated carbocycles. The Morgan fingerprint density at radius 1 is 0.200 bits per heavy atom. The second-order valence-corrected chi connectivity index (χ2v) is 15.3. The highest BCUT2D eigenvalue weighted by Gasteiger charge is 2.26. The molecule has 11 aromatic carbocycles. The summed E-state index contributed by atoms with van der Waals surface area (Å²) in [6, 6.07) is 88.1. The Bertz CT molecular complexity index is 3020. The Morgan fingerprint density at radius 2 is 0.483 bits per heavy atom. The zero-order chi connectivity index (χ0) is 39.8. The summed E-state index contributed by atoms with van der Waals surface area (Å²) in [6.45, 7) is 0. The number of hydrogen-bond donors (Lipinski definition) is 0. The van der Waals surface area contributed by atoms with Gasteiger partial charge in [-0.3, -0.25) is 0 Å². The zero-order valence-electron chi connectivity index (χ0n) is 33.0. The van der Waals surface area contributed by atoms with Crippen molar-refractivity contribution in [1.82, 2.24) is 0 Å². The molecule has 2 nitrogen and oxygen atoms in total. The first-order valence-electron chi connectivity index (χ1n) is 20.6. The van der Waals surface area contributed by atoms with Crippen LogP contribution in [0.15, 0.2) is 243 Å². The minimum atomic E-state index is 1.09. The van der Waals surface area contributed by atoms with Crippen LogP contribution in [-0.4, -0.2) is 0 Å². The third-order valence-corrected chi connectivity index (χ3v) is 11.8. The molecule has 0 aliphatic heterocycles. The van der Waals surface area contributed by atoms with Gasteiger partial charge in [-0.2, -0.15) is 0 Å². The highest BCUT2D eigenvalue weighted by molar-refractivity contribution is 6.23. The molecule has 0 N–H and O–H groups in total. The summed E-state index contributed by atoms with van der Waals surface area (Å²) in [7, 11) is 0. The largest absolute Gasteiger partial charge is 0.309 e. The summed E-state index contributed by atoms with van der Waals surface area (Å²) in [5.41, 5.74) is 11.5. The van der Waals surface area contributed by atoms with E-state index in [1.54, 1.807) is 0 Å². The van der Waals surface area contributed by atoms with Gasteiger partial charge < -0.3 is 9.80 Å². The summed E-state index contributed by atoms with van der Waals surface area (Å²) in [4.78, 5) is 4.93. The number of anilines is 6. The van der Waals surface area contributed by atoms with Crippen LogP contribution in [0.4, 0.5) is 34.1 Å². The third kappa shape index (κ3) is 6.32. The molecule has 0 saturated heterocycles. The highest BCUT2D eigenvalue weighted by Crippen LogP contribution is 2.51. The first kappa shape index (κ1) is 35.2. The summed E-state index contributed by atoms with van der Waals surface area (Å²) < 4.78 is 0. The van der Waals surface area contributed by atoms with E-state index >= 15 is 0 Å². The lowest BCUT2D eigenvalue weighted by Gasteiger charge is -2.33. The first-order chi connectivity index (χ1) is 29.8. The van der Waals surface area contributed by atoms with Gasteiger partial charge in [0.1, 0.15) is 0 Å². The number of benzene rings is 11. The number of hydrogen-bond acceptors (Lipinski definition) is 2. The number of nitrogens with zero attached hydrogens (tertiary/aromatic N) is 2. The molecule has 0 heterocycles. The quantitative estimate of drug-likeness (QED) is 0.112. The molecular formula is C58H40N2. The van der Waals surface area contributed by atoms with E-state index in [9.17, 15) is 0 Å². The van der Waals surface area contributed by atoms with Crippen LogP contribution in [-0.2, 0) is 0 Å². The lowest BCUT2D eigenvalue weighted by Crippen LogP contribution is -2.14. The van der Waals surface area contributed by atoms with E-state index in [-0.39, 0.29) is 0 Å². The minimum absolute atomic E-state index is 1.09. The van der Waals surface area contributed by atoms with Gasteiger partial charge in [0.2, 0.25) is 0 Å². The van der Waals surface area contributed by atoms with Gasteiger partial charge in [0, 0.05) is 44.3 Å². The van der Waals surface area contributed by atoms with Crippen LogP contribution in [0, 0.1) is 0 Å². The maximum Gasteiger partial charge on any atom is 0.0619 e. The highest BCUT2D eigenvalue weighted by atomic mass is 15.2. The van der Waals surface area contributed by atoms with Crippen molar-refractivity contribution in [2.45, 2.75) is 0 Å². The lowest BCUT2D eigenvalue weighted by atomic mass is 9.94. The molecule has 11 rings (SSSR count). The van der Waals surface area contributed by atoms with Crippen LogP contribution < -0.4 is 9.80 Å². The van der Waals surface area contributed by atoms with Gasteiger partial charge in [0.05, 0.1) is 11.4 Å². The van der Waals surface area contributed by atoms with Crippen molar-refractivity contribution >= 4 is 77.2 Å². The van der Waals surface area contributed by atoms with Crippen molar-refractivity contribution in [2.75, 3.05) is 9.80 Å². The number of fused-ring (bicyclic) bond motifs is 4. The topological polar surface area (TPSA) is 6.48 Å². The van der Waals surface area contributed by atoms with Gasteiger partial charge in [-0.25, -0.2) is 0 Å². The van der Waals surface area contributed by atoms with E-state index in [2.05, 4.69) is 252 Å². The summed E-state index contributed by atoms with van der Waals surface area (Å²) in [6.07, 6.45) is 0. The van der Waals surface area contributed by atoms with Crippen molar-refractivity contribution < 1.29 is 0 Å². The third-order valence-electron chi connectivity index (χ3n) is 11.8. The van der Waals surface area contributed by atoms with Crippen LogP contribution in [0.2, 0.25) is 0 Å². The average Bonchev–Trinajstić information content (AvgIpc) is 3.33. The monoisotopic (exact) mass is 764 g/mol. The molecule has 2 heteroatoms. The van der Waals surface area contributed by atoms with Crippen molar-refractivity contribution in [3.63, 3.8) is 0 Å². The fourth-order valence-corrected chi connectivity index (χ4v) is 8.88. The van der Waals surface area contributed by atoms with E-state index < -0.39 is 0 Å². The molecule has 282 valence electrons. The zero-order valence-corrected chi connectivity index (χ0v) is 33.0. The molecule has 0 unspecified atom stereocenters. The molecule has 0 aliphatic carbocycles.